The number of benzene rings is 2. The van der Waals surface area contributed by atoms with E-state index in [0.717, 1.165) is 24.2 Å². The van der Waals surface area contributed by atoms with E-state index >= 15 is 0 Å². The van der Waals surface area contributed by atoms with Gasteiger partial charge in [-0.2, -0.15) is 0 Å². The van der Waals surface area contributed by atoms with E-state index < -0.39 is 5.82 Å². The summed E-state index contributed by atoms with van der Waals surface area (Å²) in [5.41, 5.74) is 1.73. The van der Waals surface area contributed by atoms with Gasteiger partial charge in [0.15, 0.2) is 5.82 Å². The van der Waals surface area contributed by atoms with Crippen LogP contribution in [0.15, 0.2) is 46.9 Å². The molecule has 126 valence electrons. The number of hydrogen-bond acceptors (Lipinski definition) is 4. The molecule has 1 amide bonds. The van der Waals surface area contributed by atoms with Gasteiger partial charge < -0.3 is 5.32 Å². The zero-order valence-electron chi connectivity index (χ0n) is 13.0. The summed E-state index contributed by atoms with van der Waals surface area (Å²) in [4.78, 5) is 12.2. The third kappa shape index (κ3) is 3.43. The number of nitrogens with one attached hydrogen (secondary N) is 1. The Kier molecular flexibility index (Phi) is 4.04. The van der Waals surface area contributed by atoms with E-state index in [-0.39, 0.29) is 11.5 Å². The summed E-state index contributed by atoms with van der Waals surface area (Å²) >= 11 is 3.18. The van der Waals surface area contributed by atoms with Crippen LogP contribution in [0.2, 0.25) is 0 Å². The molecule has 25 heavy (non-hydrogen) atoms. The van der Waals surface area contributed by atoms with Gasteiger partial charge in [-0.1, -0.05) is 15.9 Å². The number of aromatic nitrogens is 4. The quantitative estimate of drug-likeness (QED) is 0.720. The summed E-state index contributed by atoms with van der Waals surface area (Å²) in [6.07, 6.45) is 2.19. The fourth-order valence-electron chi connectivity index (χ4n) is 2.54. The lowest BCUT2D eigenvalue weighted by Gasteiger charge is -2.07. The second-order valence-corrected chi connectivity index (χ2v) is 6.78. The van der Waals surface area contributed by atoms with Gasteiger partial charge in [-0.25, -0.2) is 9.07 Å². The maximum absolute atomic E-state index is 13.4. The van der Waals surface area contributed by atoms with Crippen molar-refractivity contribution in [2.24, 2.45) is 0 Å². The van der Waals surface area contributed by atoms with Crippen molar-refractivity contribution < 1.29 is 9.18 Å². The molecule has 1 aliphatic rings. The first-order valence-electron chi connectivity index (χ1n) is 7.76. The number of rotatable bonds is 4. The third-order valence-electron chi connectivity index (χ3n) is 3.91. The van der Waals surface area contributed by atoms with Gasteiger partial charge >= 0.3 is 0 Å². The van der Waals surface area contributed by atoms with Gasteiger partial charge in [-0.05, 0) is 65.7 Å². The minimum absolute atomic E-state index is 0.244. The predicted molar refractivity (Wildman–Crippen MR) is 93.6 cm³/mol. The van der Waals surface area contributed by atoms with E-state index in [0.29, 0.717) is 16.2 Å². The highest BCUT2D eigenvalue weighted by Gasteiger charge is 2.28. The number of nitrogens with zero attached hydrogens (tertiary/aromatic N) is 4. The SMILES string of the molecule is O=C(Nc1ccc(-c2nnnn2C2CC2)cc1)c1cc(F)cc(Br)c1. The number of anilines is 1. The molecule has 1 N–H and O–H groups in total. The first-order chi connectivity index (χ1) is 12.1. The minimum atomic E-state index is -0.471. The Morgan fingerprint density at radius 1 is 1.20 bits per heavy atom. The Morgan fingerprint density at radius 3 is 2.64 bits per heavy atom. The number of halogens is 2. The molecule has 4 rings (SSSR count). The first-order valence-corrected chi connectivity index (χ1v) is 8.55. The van der Waals surface area contributed by atoms with Crippen LogP contribution in [0, 0.1) is 5.82 Å². The van der Waals surface area contributed by atoms with Crippen LogP contribution in [-0.4, -0.2) is 26.1 Å². The highest BCUT2D eigenvalue weighted by Crippen LogP contribution is 2.36. The van der Waals surface area contributed by atoms with E-state index in [1.165, 1.54) is 12.1 Å². The van der Waals surface area contributed by atoms with Crippen LogP contribution in [0.4, 0.5) is 10.1 Å². The molecule has 0 spiro atoms. The summed E-state index contributed by atoms with van der Waals surface area (Å²) in [5.74, 6) is -0.132. The van der Waals surface area contributed by atoms with Crippen LogP contribution < -0.4 is 5.32 Å². The molecule has 1 aromatic heterocycles. The molecule has 3 aromatic rings. The van der Waals surface area contributed by atoms with E-state index in [4.69, 9.17) is 0 Å². The number of carbonyl (C=O) groups is 1. The fraction of sp³-hybridized carbons (Fsp3) is 0.176. The average molecular weight is 402 g/mol. The Balaban J connectivity index is 1.52. The average Bonchev–Trinajstić information content (AvgIpc) is 3.32. The van der Waals surface area contributed by atoms with Crippen LogP contribution in [0.5, 0.6) is 0 Å². The van der Waals surface area contributed by atoms with Crippen molar-refractivity contribution in [3.8, 4) is 11.4 Å². The third-order valence-corrected chi connectivity index (χ3v) is 4.37. The van der Waals surface area contributed by atoms with Crippen molar-refractivity contribution in [3.63, 3.8) is 0 Å². The molecule has 0 unspecified atom stereocenters. The standard InChI is InChI=1S/C17H13BrFN5O/c18-12-7-11(8-13(19)9-12)17(25)20-14-3-1-10(2-4-14)16-21-22-23-24(16)15-5-6-15/h1-4,7-9,15H,5-6H2,(H,20,25). The molecule has 0 aliphatic heterocycles. The van der Waals surface area contributed by atoms with Gasteiger partial charge in [0, 0.05) is 21.3 Å². The van der Waals surface area contributed by atoms with Crippen molar-refractivity contribution in [1.82, 2.24) is 20.2 Å². The highest BCUT2D eigenvalue weighted by atomic mass is 79.9. The lowest BCUT2D eigenvalue weighted by molar-refractivity contribution is 0.102. The van der Waals surface area contributed by atoms with Crippen molar-refractivity contribution in [2.45, 2.75) is 18.9 Å². The monoisotopic (exact) mass is 401 g/mol. The molecule has 0 atom stereocenters. The molecule has 1 aliphatic carbocycles. The lowest BCUT2D eigenvalue weighted by atomic mass is 10.1. The van der Waals surface area contributed by atoms with Crippen molar-refractivity contribution in [2.75, 3.05) is 5.32 Å². The number of carbonyl (C=O) groups excluding carboxylic acids is 1. The van der Waals surface area contributed by atoms with Gasteiger partial charge in [-0.15, -0.1) is 5.10 Å². The van der Waals surface area contributed by atoms with Gasteiger partial charge in [0.25, 0.3) is 5.91 Å². The summed E-state index contributed by atoms with van der Waals surface area (Å²) in [6.45, 7) is 0. The zero-order chi connectivity index (χ0) is 17.4. The molecule has 1 saturated carbocycles. The Bertz CT molecular complexity index is 916. The normalized spacial score (nSPS) is 13.7. The maximum atomic E-state index is 13.4. The van der Waals surface area contributed by atoms with Crippen LogP contribution in [0.3, 0.4) is 0 Å². The minimum Gasteiger partial charge on any atom is -0.322 e. The van der Waals surface area contributed by atoms with Crippen molar-refractivity contribution in [3.05, 3.63) is 58.3 Å². The number of hydrogen-bond donors (Lipinski definition) is 1. The summed E-state index contributed by atoms with van der Waals surface area (Å²) in [5, 5.41) is 14.6. The molecule has 1 fully saturated rings. The van der Waals surface area contributed by atoms with Gasteiger partial charge in [0.05, 0.1) is 6.04 Å². The summed E-state index contributed by atoms with van der Waals surface area (Å²) in [6, 6.07) is 11.7. The lowest BCUT2D eigenvalue weighted by Crippen LogP contribution is -2.12. The second-order valence-electron chi connectivity index (χ2n) is 5.87. The second kappa shape index (κ2) is 6.36. The number of tetrazole rings is 1. The topological polar surface area (TPSA) is 72.7 Å². The Labute approximate surface area is 151 Å². The largest absolute Gasteiger partial charge is 0.322 e. The number of amides is 1. The van der Waals surface area contributed by atoms with E-state index in [9.17, 15) is 9.18 Å². The Morgan fingerprint density at radius 2 is 1.96 bits per heavy atom. The fourth-order valence-corrected chi connectivity index (χ4v) is 3.00. The van der Waals surface area contributed by atoms with Crippen LogP contribution in [0.1, 0.15) is 29.2 Å². The van der Waals surface area contributed by atoms with Crippen LogP contribution in [-0.2, 0) is 0 Å². The molecular weight excluding hydrogens is 389 g/mol. The molecule has 2 aromatic carbocycles. The molecule has 0 bridgehead atoms. The smallest absolute Gasteiger partial charge is 0.255 e. The van der Waals surface area contributed by atoms with E-state index in [2.05, 4.69) is 36.8 Å². The maximum Gasteiger partial charge on any atom is 0.255 e. The van der Waals surface area contributed by atoms with Crippen molar-refractivity contribution in [1.29, 1.82) is 0 Å². The predicted octanol–water partition coefficient (Wildman–Crippen LogP) is 3.83. The molecule has 0 radical (unpaired) electrons. The van der Waals surface area contributed by atoms with Crippen LogP contribution in [0.25, 0.3) is 11.4 Å². The van der Waals surface area contributed by atoms with Gasteiger partial charge in [0.1, 0.15) is 5.82 Å². The molecule has 8 heteroatoms. The zero-order valence-corrected chi connectivity index (χ0v) is 14.6. The molecule has 1 heterocycles. The molecule has 0 saturated heterocycles. The Hall–Kier alpha value is -2.61. The van der Waals surface area contributed by atoms with E-state index in [1.807, 2.05) is 16.8 Å². The highest BCUT2D eigenvalue weighted by molar-refractivity contribution is 9.10. The van der Waals surface area contributed by atoms with Crippen molar-refractivity contribution >= 4 is 27.5 Å². The van der Waals surface area contributed by atoms with Crippen LogP contribution >= 0.6 is 15.9 Å². The van der Waals surface area contributed by atoms with E-state index in [1.54, 1.807) is 18.2 Å². The molecular formula is C17H13BrFN5O. The first kappa shape index (κ1) is 15.9. The summed E-state index contributed by atoms with van der Waals surface area (Å²) in [7, 11) is 0. The summed E-state index contributed by atoms with van der Waals surface area (Å²) < 4.78 is 15.8. The van der Waals surface area contributed by atoms with Gasteiger partial charge in [0.2, 0.25) is 0 Å². The molecule has 6 nitrogen and oxygen atoms in total. The van der Waals surface area contributed by atoms with Gasteiger partial charge in [-0.3, -0.25) is 4.79 Å².